The van der Waals surface area contributed by atoms with Crippen LogP contribution in [0.5, 0.6) is 5.75 Å². The maximum Gasteiger partial charge on any atom is 0.279 e. The Balaban J connectivity index is 1.42. The van der Waals surface area contributed by atoms with Crippen LogP contribution in [0.25, 0.3) is 0 Å². The average molecular weight is 397 g/mol. The molecular weight excluding hydrogens is 366 g/mol. The van der Waals surface area contributed by atoms with Crippen LogP contribution in [0.1, 0.15) is 18.1 Å². The number of carbonyl (C=O) groups excluding carboxylic acids is 2. The van der Waals surface area contributed by atoms with Gasteiger partial charge in [0, 0.05) is 5.69 Å². The molecule has 0 atom stereocenters. The number of para-hydroxylation sites is 2. The summed E-state index contributed by atoms with van der Waals surface area (Å²) in [7, 11) is 0. The summed E-state index contributed by atoms with van der Waals surface area (Å²) in [5, 5.41) is 3.03. The van der Waals surface area contributed by atoms with Gasteiger partial charge in [-0.05, 0) is 36.6 Å². The highest BCUT2D eigenvalue weighted by molar-refractivity contribution is 5.92. The number of nitrogens with one attached hydrogen (secondary N) is 2. The third-order valence-electron chi connectivity index (χ3n) is 5.35. The predicted octanol–water partition coefficient (Wildman–Crippen LogP) is 1.30. The molecule has 154 valence electrons. The van der Waals surface area contributed by atoms with Gasteiger partial charge in [0.2, 0.25) is 0 Å². The summed E-state index contributed by atoms with van der Waals surface area (Å²) >= 11 is 0. The highest BCUT2D eigenvalue weighted by Crippen LogP contribution is 2.16. The third-order valence-corrected chi connectivity index (χ3v) is 5.35. The zero-order valence-corrected chi connectivity index (χ0v) is 17.2. The molecule has 2 aromatic carbocycles. The van der Waals surface area contributed by atoms with E-state index in [1.165, 1.54) is 4.90 Å². The van der Waals surface area contributed by atoms with E-state index in [2.05, 4.69) is 12.2 Å². The minimum atomic E-state index is -0.00590. The second kappa shape index (κ2) is 10.1. The van der Waals surface area contributed by atoms with Gasteiger partial charge >= 0.3 is 0 Å². The molecule has 1 aliphatic rings. The second-order valence-corrected chi connectivity index (χ2v) is 7.42. The van der Waals surface area contributed by atoms with Crippen molar-refractivity contribution in [3.05, 3.63) is 59.7 Å². The molecular formula is C23H30N3O3+. The van der Waals surface area contributed by atoms with E-state index in [-0.39, 0.29) is 18.4 Å². The molecule has 0 aromatic heterocycles. The van der Waals surface area contributed by atoms with Crippen molar-refractivity contribution in [2.75, 3.05) is 44.6 Å². The molecule has 0 bridgehead atoms. The Morgan fingerprint density at radius 1 is 1.07 bits per heavy atom. The van der Waals surface area contributed by atoms with E-state index in [9.17, 15) is 9.59 Å². The molecule has 2 amide bonds. The number of piperazine rings is 1. The zero-order valence-electron chi connectivity index (χ0n) is 17.2. The van der Waals surface area contributed by atoms with E-state index in [1.807, 2.05) is 60.4 Å². The topological polar surface area (TPSA) is 63.1 Å². The molecule has 0 unspecified atom stereocenters. The first-order valence-electron chi connectivity index (χ1n) is 10.2. The molecule has 3 rings (SSSR count). The molecule has 1 fully saturated rings. The van der Waals surface area contributed by atoms with E-state index in [1.54, 1.807) is 0 Å². The van der Waals surface area contributed by atoms with E-state index in [0.29, 0.717) is 19.6 Å². The molecule has 0 spiro atoms. The summed E-state index contributed by atoms with van der Waals surface area (Å²) < 4.78 is 5.67. The van der Waals surface area contributed by atoms with Gasteiger partial charge in [-0.25, -0.2) is 0 Å². The second-order valence-electron chi connectivity index (χ2n) is 7.42. The van der Waals surface area contributed by atoms with E-state index >= 15 is 0 Å². The fraction of sp³-hybridized carbons (Fsp3) is 0.391. The van der Waals surface area contributed by atoms with Crippen LogP contribution in [0.4, 0.5) is 5.69 Å². The first-order chi connectivity index (χ1) is 14.1. The van der Waals surface area contributed by atoms with E-state index in [4.69, 9.17) is 4.74 Å². The van der Waals surface area contributed by atoms with Crippen molar-refractivity contribution in [1.29, 1.82) is 0 Å². The van der Waals surface area contributed by atoms with E-state index in [0.717, 1.165) is 42.1 Å². The fourth-order valence-electron chi connectivity index (χ4n) is 3.57. The lowest BCUT2D eigenvalue weighted by Gasteiger charge is -2.31. The van der Waals surface area contributed by atoms with Crippen LogP contribution in [0.3, 0.4) is 0 Å². The number of benzene rings is 2. The van der Waals surface area contributed by atoms with Crippen molar-refractivity contribution in [3.63, 3.8) is 0 Å². The minimum Gasteiger partial charge on any atom is -0.484 e. The average Bonchev–Trinajstić information content (AvgIpc) is 2.74. The molecule has 0 radical (unpaired) electrons. The lowest BCUT2D eigenvalue weighted by molar-refractivity contribution is -0.895. The summed E-state index contributed by atoms with van der Waals surface area (Å²) in [4.78, 5) is 27.9. The van der Waals surface area contributed by atoms with Gasteiger partial charge < -0.3 is 19.9 Å². The standard InChI is InChI=1S/C23H29N3O3/c1-3-19-9-5-6-10-20(19)24-22(27)16-25-12-14-26(15-13-25)23(28)17-29-21-11-7-4-8-18(21)2/h4-11H,3,12-17H2,1-2H3,(H,24,27)/p+1. The number of hydrogen-bond acceptors (Lipinski definition) is 3. The Kier molecular flexibility index (Phi) is 7.25. The Labute approximate surface area is 172 Å². The van der Waals surface area contributed by atoms with Crippen LogP contribution >= 0.6 is 0 Å². The number of aryl methyl sites for hydroxylation is 2. The number of quaternary nitrogens is 1. The van der Waals surface area contributed by atoms with Crippen LogP contribution in [-0.2, 0) is 16.0 Å². The predicted molar refractivity (Wildman–Crippen MR) is 113 cm³/mol. The smallest absolute Gasteiger partial charge is 0.279 e. The highest BCUT2D eigenvalue weighted by Gasteiger charge is 2.25. The number of anilines is 1. The Bertz CT molecular complexity index is 845. The first-order valence-corrected chi connectivity index (χ1v) is 10.2. The molecule has 6 nitrogen and oxygen atoms in total. The van der Waals surface area contributed by atoms with Crippen molar-refractivity contribution in [3.8, 4) is 5.75 Å². The molecule has 0 aliphatic carbocycles. The van der Waals surface area contributed by atoms with Crippen molar-refractivity contribution in [2.45, 2.75) is 20.3 Å². The molecule has 2 aromatic rings. The summed E-state index contributed by atoms with van der Waals surface area (Å²) in [6.07, 6.45) is 0.884. The van der Waals surface area contributed by atoms with Crippen molar-refractivity contribution in [1.82, 2.24) is 4.90 Å². The van der Waals surface area contributed by atoms with Crippen LogP contribution in [0.2, 0.25) is 0 Å². The van der Waals surface area contributed by atoms with Crippen molar-refractivity contribution in [2.24, 2.45) is 0 Å². The fourth-order valence-corrected chi connectivity index (χ4v) is 3.57. The van der Waals surface area contributed by atoms with Crippen molar-refractivity contribution < 1.29 is 19.2 Å². The van der Waals surface area contributed by atoms with Gasteiger partial charge in [0.1, 0.15) is 5.75 Å². The van der Waals surface area contributed by atoms with Crippen LogP contribution in [-0.4, -0.2) is 56.0 Å². The molecule has 2 N–H and O–H groups in total. The van der Waals surface area contributed by atoms with Crippen LogP contribution in [0, 0.1) is 6.92 Å². The van der Waals surface area contributed by atoms with Gasteiger partial charge in [-0.15, -0.1) is 0 Å². The van der Waals surface area contributed by atoms with Crippen LogP contribution in [0.15, 0.2) is 48.5 Å². The summed E-state index contributed by atoms with van der Waals surface area (Å²) in [6, 6.07) is 15.6. The number of hydrogen-bond donors (Lipinski definition) is 2. The summed E-state index contributed by atoms with van der Waals surface area (Å²) in [6.45, 7) is 7.32. The largest absolute Gasteiger partial charge is 0.484 e. The van der Waals surface area contributed by atoms with Crippen molar-refractivity contribution >= 4 is 17.5 Å². The molecule has 0 saturated carbocycles. The van der Waals surface area contributed by atoms with Gasteiger partial charge in [0.05, 0.1) is 26.2 Å². The minimum absolute atomic E-state index is 0.00590. The van der Waals surface area contributed by atoms with Gasteiger partial charge in [0.15, 0.2) is 13.2 Å². The van der Waals surface area contributed by atoms with Gasteiger partial charge in [-0.2, -0.15) is 0 Å². The monoisotopic (exact) mass is 396 g/mol. The number of amides is 2. The quantitative estimate of drug-likeness (QED) is 0.742. The lowest BCUT2D eigenvalue weighted by Crippen LogP contribution is -3.15. The molecule has 29 heavy (non-hydrogen) atoms. The number of rotatable bonds is 7. The van der Waals surface area contributed by atoms with Gasteiger partial charge in [0.25, 0.3) is 11.8 Å². The van der Waals surface area contributed by atoms with Gasteiger partial charge in [-0.1, -0.05) is 43.3 Å². The Hall–Kier alpha value is -2.86. The Morgan fingerprint density at radius 3 is 2.48 bits per heavy atom. The van der Waals surface area contributed by atoms with Crippen LogP contribution < -0.4 is 15.0 Å². The third kappa shape index (κ3) is 5.81. The maximum absolute atomic E-state index is 12.4. The Morgan fingerprint density at radius 2 is 1.76 bits per heavy atom. The number of carbonyl (C=O) groups is 2. The van der Waals surface area contributed by atoms with E-state index < -0.39 is 0 Å². The summed E-state index contributed by atoms with van der Waals surface area (Å²) in [5.74, 6) is 0.756. The number of ether oxygens (including phenoxy) is 1. The SMILES string of the molecule is CCc1ccccc1NC(=O)C[NH+]1CCN(C(=O)COc2ccccc2C)CC1. The molecule has 6 heteroatoms. The maximum atomic E-state index is 12.4. The summed E-state index contributed by atoms with van der Waals surface area (Å²) in [5.41, 5.74) is 3.05. The lowest BCUT2D eigenvalue weighted by atomic mass is 10.1. The normalized spacial score (nSPS) is 14.5. The molecule has 1 aliphatic heterocycles. The first kappa shape index (κ1) is 20.9. The molecule has 1 saturated heterocycles. The highest BCUT2D eigenvalue weighted by atomic mass is 16.5. The molecule has 1 heterocycles. The number of nitrogens with zero attached hydrogens (tertiary/aromatic N) is 1. The zero-order chi connectivity index (χ0) is 20.6. The van der Waals surface area contributed by atoms with Gasteiger partial charge in [-0.3, -0.25) is 9.59 Å².